The van der Waals surface area contributed by atoms with Gasteiger partial charge >= 0.3 is 0 Å². The summed E-state index contributed by atoms with van der Waals surface area (Å²) in [4.78, 5) is 0.168. The van der Waals surface area contributed by atoms with Gasteiger partial charge in [0.05, 0.1) is 6.20 Å². The van der Waals surface area contributed by atoms with E-state index in [-0.39, 0.29) is 4.90 Å². The largest absolute Gasteiger partial charge is 0.330 e. The molecule has 0 saturated heterocycles. The van der Waals surface area contributed by atoms with Crippen LogP contribution in [-0.4, -0.2) is 31.7 Å². The minimum absolute atomic E-state index is 0.168. The van der Waals surface area contributed by atoms with Crippen LogP contribution in [0.25, 0.3) is 0 Å². The van der Waals surface area contributed by atoms with Gasteiger partial charge in [-0.05, 0) is 19.4 Å². The summed E-state index contributed by atoms with van der Waals surface area (Å²) in [5.41, 5.74) is 5.32. The first kappa shape index (κ1) is 12.2. The van der Waals surface area contributed by atoms with Gasteiger partial charge in [-0.3, -0.25) is 5.10 Å². The van der Waals surface area contributed by atoms with Gasteiger partial charge < -0.3 is 5.73 Å². The van der Waals surface area contributed by atoms with Crippen molar-refractivity contribution in [3.05, 3.63) is 12.4 Å². The highest BCUT2D eigenvalue weighted by Gasteiger charge is 2.13. The lowest BCUT2D eigenvalue weighted by molar-refractivity contribution is 0.575. The van der Waals surface area contributed by atoms with Crippen LogP contribution in [-0.2, 0) is 10.0 Å². The van der Waals surface area contributed by atoms with Crippen LogP contribution < -0.4 is 10.5 Å². The summed E-state index contributed by atoms with van der Waals surface area (Å²) in [7, 11) is -3.38. The number of rotatable bonds is 7. The standard InChI is InChI=1S/C8H16N4O2S/c9-4-2-1-3-5-12-15(13,14)8-6-10-11-7-8/h6-7,12H,1-5,9H2,(H,10,11). The molecule has 86 valence electrons. The zero-order valence-corrected chi connectivity index (χ0v) is 9.26. The van der Waals surface area contributed by atoms with Crippen LogP contribution in [0.1, 0.15) is 19.3 Å². The van der Waals surface area contributed by atoms with Crippen molar-refractivity contribution < 1.29 is 8.42 Å². The van der Waals surface area contributed by atoms with E-state index in [1.165, 1.54) is 12.4 Å². The van der Waals surface area contributed by atoms with E-state index in [0.29, 0.717) is 13.1 Å². The van der Waals surface area contributed by atoms with Crippen molar-refractivity contribution >= 4 is 10.0 Å². The van der Waals surface area contributed by atoms with Crippen molar-refractivity contribution in [2.45, 2.75) is 24.2 Å². The second-order valence-electron chi connectivity index (χ2n) is 3.18. The van der Waals surface area contributed by atoms with Gasteiger partial charge in [0.1, 0.15) is 4.90 Å². The molecule has 1 heterocycles. The Morgan fingerprint density at radius 1 is 1.40 bits per heavy atom. The summed E-state index contributed by atoms with van der Waals surface area (Å²) in [6.45, 7) is 1.09. The molecular weight excluding hydrogens is 216 g/mol. The molecule has 0 aliphatic carbocycles. The predicted octanol–water partition coefficient (Wildman–Crippen LogP) is -0.183. The molecule has 7 heteroatoms. The summed E-state index contributed by atoms with van der Waals surface area (Å²) in [5, 5.41) is 6.05. The maximum absolute atomic E-state index is 11.5. The van der Waals surface area contributed by atoms with E-state index in [2.05, 4.69) is 14.9 Å². The number of nitrogens with zero attached hydrogens (tertiary/aromatic N) is 1. The maximum atomic E-state index is 11.5. The fraction of sp³-hybridized carbons (Fsp3) is 0.625. The maximum Gasteiger partial charge on any atom is 0.243 e. The molecule has 0 radical (unpaired) electrons. The topological polar surface area (TPSA) is 101 Å². The van der Waals surface area contributed by atoms with Gasteiger partial charge in [0, 0.05) is 12.7 Å². The highest BCUT2D eigenvalue weighted by atomic mass is 32.2. The van der Waals surface area contributed by atoms with Crippen molar-refractivity contribution in [3.63, 3.8) is 0 Å². The van der Waals surface area contributed by atoms with Gasteiger partial charge in [0.25, 0.3) is 0 Å². The fourth-order valence-corrected chi connectivity index (χ4v) is 2.10. The summed E-state index contributed by atoms with van der Waals surface area (Å²) in [5.74, 6) is 0. The molecule has 0 aliphatic heterocycles. The fourth-order valence-electron chi connectivity index (χ4n) is 1.12. The first-order chi connectivity index (χ1) is 7.17. The zero-order valence-electron chi connectivity index (χ0n) is 8.44. The van der Waals surface area contributed by atoms with E-state index < -0.39 is 10.0 Å². The zero-order chi connectivity index (χ0) is 11.1. The van der Waals surface area contributed by atoms with Gasteiger partial charge in [-0.2, -0.15) is 5.10 Å². The van der Waals surface area contributed by atoms with E-state index in [1.54, 1.807) is 0 Å². The first-order valence-electron chi connectivity index (χ1n) is 4.85. The van der Waals surface area contributed by atoms with Crippen LogP contribution >= 0.6 is 0 Å². The van der Waals surface area contributed by atoms with Gasteiger partial charge in [-0.1, -0.05) is 6.42 Å². The molecule has 0 fully saturated rings. The molecule has 0 atom stereocenters. The number of aromatic nitrogens is 2. The Balaban J connectivity index is 2.32. The molecule has 0 aromatic carbocycles. The molecule has 0 amide bonds. The second kappa shape index (κ2) is 5.84. The quantitative estimate of drug-likeness (QED) is 0.567. The number of hydrogen-bond donors (Lipinski definition) is 3. The van der Waals surface area contributed by atoms with E-state index in [0.717, 1.165) is 19.3 Å². The van der Waals surface area contributed by atoms with Gasteiger partial charge in [-0.25, -0.2) is 13.1 Å². The van der Waals surface area contributed by atoms with Crippen LogP contribution in [0.15, 0.2) is 17.3 Å². The number of unbranched alkanes of at least 4 members (excludes halogenated alkanes) is 2. The molecule has 0 bridgehead atoms. The average Bonchev–Trinajstić information content (AvgIpc) is 2.70. The monoisotopic (exact) mass is 232 g/mol. The molecule has 0 spiro atoms. The van der Waals surface area contributed by atoms with Gasteiger partial charge in [0.15, 0.2) is 0 Å². The van der Waals surface area contributed by atoms with Crippen molar-refractivity contribution in [2.24, 2.45) is 5.73 Å². The van der Waals surface area contributed by atoms with E-state index in [4.69, 9.17) is 5.73 Å². The van der Waals surface area contributed by atoms with Crippen molar-refractivity contribution in [3.8, 4) is 0 Å². The normalized spacial score (nSPS) is 11.8. The Labute approximate surface area is 89.3 Å². The smallest absolute Gasteiger partial charge is 0.243 e. The molecular formula is C8H16N4O2S. The predicted molar refractivity (Wildman–Crippen MR) is 56.7 cm³/mol. The SMILES string of the molecule is NCCCCCNS(=O)(=O)c1cn[nH]c1. The third kappa shape index (κ3) is 3.98. The Morgan fingerprint density at radius 3 is 2.80 bits per heavy atom. The minimum atomic E-state index is -3.38. The van der Waals surface area contributed by atoms with Crippen molar-refractivity contribution in [1.82, 2.24) is 14.9 Å². The molecule has 0 saturated carbocycles. The van der Waals surface area contributed by atoms with Crippen LogP contribution in [0.3, 0.4) is 0 Å². The highest BCUT2D eigenvalue weighted by molar-refractivity contribution is 7.89. The van der Waals surface area contributed by atoms with Crippen LogP contribution in [0.2, 0.25) is 0 Å². The Morgan fingerprint density at radius 2 is 2.20 bits per heavy atom. The lowest BCUT2D eigenvalue weighted by Gasteiger charge is -2.03. The highest BCUT2D eigenvalue weighted by Crippen LogP contribution is 2.04. The van der Waals surface area contributed by atoms with Crippen molar-refractivity contribution in [1.29, 1.82) is 0 Å². The average molecular weight is 232 g/mol. The number of sulfonamides is 1. The Kier molecular flexibility index (Phi) is 4.73. The summed E-state index contributed by atoms with van der Waals surface area (Å²) in [6.07, 6.45) is 5.29. The number of nitrogens with one attached hydrogen (secondary N) is 2. The number of nitrogens with two attached hydrogens (primary N) is 1. The molecule has 15 heavy (non-hydrogen) atoms. The third-order valence-electron chi connectivity index (χ3n) is 1.96. The molecule has 1 rings (SSSR count). The molecule has 1 aromatic rings. The van der Waals surface area contributed by atoms with E-state index >= 15 is 0 Å². The molecule has 1 aromatic heterocycles. The van der Waals surface area contributed by atoms with E-state index in [1.807, 2.05) is 0 Å². The van der Waals surface area contributed by atoms with Crippen LogP contribution in [0, 0.1) is 0 Å². The molecule has 0 aliphatic rings. The number of hydrogen-bond acceptors (Lipinski definition) is 4. The van der Waals surface area contributed by atoms with Crippen molar-refractivity contribution in [2.75, 3.05) is 13.1 Å². The molecule has 6 nitrogen and oxygen atoms in total. The van der Waals surface area contributed by atoms with Gasteiger partial charge in [-0.15, -0.1) is 0 Å². The summed E-state index contributed by atoms with van der Waals surface area (Å²) in [6, 6.07) is 0. The summed E-state index contributed by atoms with van der Waals surface area (Å²) < 4.78 is 25.6. The molecule has 0 unspecified atom stereocenters. The lowest BCUT2D eigenvalue weighted by Crippen LogP contribution is -2.24. The minimum Gasteiger partial charge on any atom is -0.330 e. The number of aromatic amines is 1. The van der Waals surface area contributed by atoms with Gasteiger partial charge in [0.2, 0.25) is 10.0 Å². The summed E-state index contributed by atoms with van der Waals surface area (Å²) >= 11 is 0. The third-order valence-corrected chi connectivity index (χ3v) is 3.38. The number of H-pyrrole nitrogens is 1. The first-order valence-corrected chi connectivity index (χ1v) is 6.33. The molecule has 4 N–H and O–H groups in total. The van der Waals surface area contributed by atoms with Crippen LogP contribution in [0.4, 0.5) is 0 Å². The Bertz CT molecular complexity index is 360. The second-order valence-corrected chi connectivity index (χ2v) is 4.95. The lowest BCUT2D eigenvalue weighted by atomic mass is 10.2. The van der Waals surface area contributed by atoms with E-state index in [9.17, 15) is 8.42 Å². The Hall–Kier alpha value is -0.920. The van der Waals surface area contributed by atoms with Crippen LogP contribution in [0.5, 0.6) is 0 Å².